The summed E-state index contributed by atoms with van der Waals surface area (Å²) < 4.78 is 8.72. The van der Waals surface area contributed by atoms with Gasteiger partial charge in [0.05, 0.1) is 15.9 Å². The van der Waals surface area contributed by atoms with E-state index in [0.29, 0.717) is 22.4 Å². The Hall–Kier alpha value is -0.710. The molecule has 1 heterocycles. The first-order valence-corrected chi connectivity index (χ1v) is 7.93. The number of aryl methyl sites for hydroxylation is 2. The highest BCUT2D eigenvalue weighted by molar-refractivity contribution is 9.10. The molecule has 0 radical (unpaired) electrons. The third-order valence-electron chi connectivity index (χ3n) is 2.91. The first-order valence-electron chi connectivity index (χ1n) is 6.38. The van der Waals surface area contributed by atoms with Crippen LogP contribution >= 0.6 is 39.1 Å². The van der Waals surface area contributed by atoms with Crippen molar-refractivity contribution in [3.63, 3.8) is 0 Å². The van der Waals surface area contributed by atoms with E-state index in [-0.39, 0.29) is 0 Å². The SMILES string of the molecule is CCc1nn(CC)c(COc2cc(Cl)cc(Cl)c2)c1Br. The van der Waals surface area contributed by atoms with Gasteiger partial charge >= 0.3 is 0 Å². The molecule has 0 bridgehead atoms. The number of hydrogen-bond donors (Lipinski definition) is 0. The number of hydrogen-bond acceptors (Lipinski definition) is 2. The molecule has 20 heavy (non-hydrogen) atoms. The molecule has 0 fully saturated rings. The van der Waals surface area contributed by atoms with Crippen LogP contribution in [-0.4, -0.2) is 9.78 Å². The molecule has 3 nitrogen and oxygen atoms in total. The van der Waals surface area contributed by atoms with Crippen molar-refractivity contribution in [1.82, 2.24) is 9.78 Å². The van der Waals surface area contributed by atoms with Gasteiger partial charge in [0, 0.05) is 16.6 Å². The molecule has 1 aromatic heterocycles. The Morgan fingerprint density at radius 2 is 1.85 bits per heavy atom. The number of benzene rings is 1. The predicted molar refractivity (Wildman–Crippen MR) is 85.8 cm³/mol. The van der Waals surface area contributed by atoms with Gasteiger partial charge in [0.2, 0.25) is 0 Å². The third kappa shape index (κ3) is 3.48. The Morgan fingerprint density at radius 1 is 1.20 bits per heavy atom. The maximum Gasteiger partial charge on any atom is 0.131 e. The maximum absolute atomic E-state index is 5.96. The molecule has 0 aliphatic rings. The highest BCUT2D eigenvalue weighted by atomic mass is 79.9. The average molecular weight is 378 g/mol. The lowest BCUT2D eigenvalue weighted by molar-refractivity contribution is 0.291. The molecule has 0 atom stereocenters. The standard InChI is InChI=1S/C14H15BrCl2N2O/c1-3-12-14(15)13(19(4-2)18-12)8-20-11-6-9(16)5-10(17)7-11/h5-7H,3-4,8H2,1-2H3. The van der Waals surface area contributed by atoms with Gasteiger partial charge in [-0.15, -0.1) is 0 Å². The van der Waals surface area contributed by atoms with Gasteiger partial charge in [0.15, 0.2) is 0 Å². The molecule has 0 unspecified atom stereocenters. The van der Waals surface area contributed by atoms with Crippen molar-refractivity contribution in [2.45, 2.75) is 33.4 Å². The van der Waals surface area contributed by atoms with Crippen molar-refractivity contribution in [3.05, 3.63) is 44.1 Å². The number of halogens is 3. The van der Waals surface area contributed by atoms with Gasteiger partial charge in [0.1, 0.15) is 12.4 Å². The van der Waals surface area contributed by atoms with Crippen molar-refractivity contribution >= 4 is 39.1 Å². The molecule has 108 valence electrons. The van der Waals surface area contributed by atoms with E-state index < -0.39 is 0 Å². The first kappa shape index (κ1) is 15.7. The average Bonchev–Trinajstić information content (AvgIpc) is 2.71. The maximum atomic E-state index is 5.96. The third-order valence-corrected chi connectivity index (χ3v) is 4.26. The summed E-state index contributed by atoms with van der Waals surface area (Å²) in [5.41, 5.74) is 2.05. The smallest absolute Gasteiger partial charge is 0.131 e. The summed E-state index contributed by atoms with van der Waals surface area (Å²) >= 11 is 15.5. The zero-order chi connectivity index (χ0) is 14.7. The van der Waals surface area contributed by atoms with Gasteiger partial charge in [-0.2, -0.15) is 5.10 Å². The molecular weight excluding hydrogens is 363 g/mol. The van der Waals surface area contributed by atoms with E-state index in [2.05, 4.69) is 34.9 Å². The molecule has 0 spiro atoms. The van der Waals surface area contributed by atoms with Crippen LogP contribution in [0.15, 0.2) is 22.7 Å². The normalized spacial score (nSPS) is 10.8. The highest BCUT2D eigenvalue weighted by Crippen LogP contribution is 2.27. The van der Waals surface area contributed by atoms with Crippen LogP contribution < -0.4 is 4.74 Å². The van der Waals surface area contributed by atoms with E-state index in [9.17, 15) is 0 Å². The lowest BCUT2D eigenvalue weighted by Gasteiger charge is -2.09. The summed E-state index contributed by atoms with van der Waals surface area (Å²) in [6, 6.07) is 5.17. The van der Waals surface area contributed by atoms with Crippen molar-refractivity contribution in [2.75, 3.05) is 0 Å². The van der Waals surface area contributed by atoms with Crippen LogP contribution in [0.5, 0.6) is 5.75 Å². The molecule has 0 saturated heterocycles. The van der Waals surface area contributed by atoms with E-state index >= 15 is 0 Å². The number of aromatic nitrogens is 2. The topological polar surface area (TPSA) is 27.1 Å². The first-order chi connectivity index (χ1) is 9.55. The summed E-state index contributed by atoms with van der Waals surface area (Å²) in [6.45, 7) is 5.35. The minimum absolute atomic E-state index is 0.415. The molecule has 2 rings (SSSR count). The summed E-state index contributed by atoms with van der Waals surface area (Å²) in [5.74, 6) is 0.649. The van der Waals surface area contributed by atoms with E-state index in [1.165, 1.54) is 0 Å². The lowest BCUT2D eigenvalue weighted by atomic mass is 10.3. The quantitative estimate of drug-likeness (QED) is 0.723. The fourth-order valence-electron chi connectivity index (χ4n) is 1.92. The number of nitrogens with zero attached hydrogens (tertiary/aromatic N) is 2. The number of rotatable bonds is 5. The van der Waals surface area contributed by atoms with Gasteiger partial charge in [-0.05, 0) is 47.5 Å². The molecule has 2 aromatic rings. The Balaban J connectivity index is 2.20. The summed E-state index contributed by atoms with van der Waals surface area (Å²) in [6.07, 6.45) is 0.879. The Labute approximate surface area is 137 Å². The van der Waals surface area contributed by atoms with Crippen LogP contribution in [0.4, 0.5) is 0 Å². The largest absolute Gasteiger partial charge is 0.487 e. The van der Waals surface area contributed by atoms with Crippen LogP contribution in [0.3, 0.4) is 0 Å². The van der Waals surface area contributed by atoms with E-state index in [1.807, 2.05) is 4.68 Å². The minimum Gasteiger partial charge on any atom is -0.487 e. The molecule has 0 N–H and O–H groups in total. The van der Waals surface area contributed by atoms with E-state index in [0.717, 1.165) is 28.8 Å². The molecule has 0 aliphatic heterocycles. The van der Waals surface area contributed by atoms with Crippen molar-refractivity contribution in [2.24, 2.45) is 0 Å². The highest BCUT2D eigenvalue weighted by Gasteiger charge is 2.14. The molecule has 1 aromatic carbocycles. The number of ether oxygens (including phenoxy) is 1. The lowest BCUT2D eigenvalue weighted by Crippen LogP contribution is -2.06. The van der Waals surface area contributed by atoms with E-state index in [4.69, 9.17) is 27.9 Å². The van der Waals surface area contributed by atoms with Crippen LogP contribution in [0.1, 0.15) is 25.2 Å². The van der Waals surface area contributed by atoms with Gasteiger partial charge in [-0.3, -0.25) is 4.68 Å². The van der Waals surface area contributed by atoms with Crippen molar-refractivity contribution < 1.29 is 4.74 Å². The summed E-state index contributed by atoms with van der Waals surface area (Å²) in [7, 11) is 0. The second-order valence-electron chi connectivity index (χ2n) is 4.27. The second kappa shape index (κ2) is 6.83. The van der Waals surface area contributed by atoms with Crippen molar-refractivity contribution in [1.29, 1.82) is 0 Å². The molecule has 6 heteroatoms. The van der Waals surface area contributed by atoms with E-state index in [1.54, 1.807) is 18.2 Å². The van der Waals surface area contributed by atoms with Crippen LogP contribution in [0.25, 0.3) is 0 Å². The Bertz CT molecular complexity index is 593. The van der Waals surface area contributed by atoms with Gasteiger partial charge < -0.3 is 4.74 Å². The Morgan fingerprint density at radius 3 is 2.40 bits per heavy atom. The molecule has 0 aliphatic carbocycles. The molecular formula is C14H15BrCl2N2O. The van der Waals surface area contributed by atoms with Crippen molar-refractivity contribution in [3.8, 4) is 5.75 Å². The second-order valence-corrected chi connectivity index (χ2v) is 5.94. The van der Waals surface area contributed by atoms with Gasteiger partial charge in [-0.25, -0.2) is 0 Å². The zero-order valence-electron chi connectivity index (χ0n) is 11.3. The van der Waals surface area contributed by atoms with Crippen LogP contribution in [0, 0.1) is 0 Å². The molecule has 0 saturated carbocycles. The zero-order valence-corrected chi connectivity index (χ0v) is 14.4. The monoisotopic (exact) mass is 376 g/mol. The Kier molecular flexibility index (Phi) is 5.35. The van der Waals surface area contributed by atoms with Gasteiger partial charge in [0.25, 0.3) is 0 Å². The van der Waals surface area contributed by atoms with Crippen LogP contribution in [-0.2, 0) is 19.6 Å². The molecule has 0 amide bonds. The summed E-state index contributed by atoms with van der Waals surface area (Å²) in [4.78, 5) is 0. The van der Waals surface area contributed by atoms with Crippen LogP contribution in [0.2, 0.25) is 10.0 Å². The summed E-state index contributed by atoms with van der Waals surface area (Å²) in [5, 5.41) is 5.65. The predicted octanol–water partition coefficient (Wildman–Crippen LogP) is 5.11. The fraction of sp³-hybridized carbons (Fsp3) is 0.357. The van der Waals surface area contributed by atoms with Gasteiger partial charge in [-0.1, -0.05) is 30.1 Å². The fourth-order valence-corrected chi connectivity index (χ4v) is 3.10. The minimum atomic E-state index is 0.415.